The van der Waals surface area contributed by atoms with Crippen molar-refractivity contribution in [2.75, 3.05) is 5.32 Å². The number of anilines is 1. The first-order valence-electron chi connectivity index (χ1n) is 9.18. The number of aryl methyl sites for hydroxylation is 1. The van der Waals surface area contributed by atoms with Crippen molar-refractivity contribution < 1.29 is 9.18 Å². The topological polar surface area (TPSA) is 80.9 Å². The van der Waals surface area contributed by atoms with E-state index in [1.54, 1.807) is 24.5 Å². The van der Waals surface area contributed by atoms with E-state index >= 15 is 0 Å². The lowest BCUT2D eigenvalue weighted by molar-refractivity contribution is -0.118. The Bertz CT molecular complexity index is 820. The molecular weight excluding hydrogens is 331 g/mol. The summed E-state index contributed by atoms with van der Waals surface area (Å²) < 4.78 is 14.5. The van der Waals surface area contributed by atoms with Crippen LogP contribution in [-0.2, 0) is 4.79 Å². The Hall–Kier alpha value is -2.34. The third kappa shape index (κ3) is 3.46. The van der Waals surface area contributed by atoms with Crippen LogP contribution in [0.5, 0.6) is 0 Å². The molecule has 1 amide bonds. The highest BCUT2D eigenvalue weighted by molar-refractivity contribution is 5.94. The summed E-state index contributed by atoms with van der Waals surface area (Å²) in [6.45, 7) is 1.89. The molecule has 0 aliphatic heterocycles. The van der Waals surface area contributed by atoms with Crippen LogP contribution in [0, 0.1) is 30.6 Å². The van der Waals surface area contributed by atoms with Gasteiger partial charge in [0.05, 0.1) is 6.04 Å². The Morgan fingerprint density at radius 3 is 2.46 bits per heavy atom. The third-order valence-electron chi connectivity index (χ3n) is 5.48. The lowest BCUT2D eigenvalue weighted by atomic mass is 9.89. The van der Waals surface area contributed by atoms with Gasteiger partial charge in [-0.2, -0.15) is 4.39 Å². The standard InChI is InChI=1S/C20H23FN4O/c1-11-8-9-23-10-15(11)14-6-7-16(24-19(14)21)25-20(26)18(22)17(12-2-3-12)13-4-5-13/h6-10,12-13,17-18H,2-5,22H2,1H3,(H,24,25,26)/t18-/m0/s1. The van der Waals surface area contributed by atoms with Gasteiger partial charge in [0.25, 0.3) is 0 Å². The number of hydrogen-bond acceptors (Lipinski definition) is 4. The van der Waals surface area contributed by atoms with Crippen LogP contribution in [0.25, 0.3) is 11.1 Å². The quantitative estimate of drug-likeness (QED) is 0.780. The van der Waals surface area contributed by atoms with Crippen LogP contribution in [0.15, 0.2) is 30.6 Å². The number of nitrogens with two attached hydrogens (primary N) is 1. The molecule has 6 heteroatoms. The zero-order valence-corrected chi connectivity index (χ0v) is 14.8. The number of pyridine rings is 2. The second-order valence-electron chi connectivity index (χ2n) is 7.49. The smallest absolute Gasteiger partial charge is 0.242 e. The second-order valence-corrected chi connectivity index (χ2v) is 7.49. The molecule has 2 fully saturated rings. The van der Waals surface area contributed by atoms with E-state index < -0.39 is 12.0 Å². The number of aromatic nitrogens is 2. The number of halogens is 1. The highest BCUT2D eigenvalue weighted by atomic mass is 19.1. The largest absolute Gasteiger partial charge is 0.320 e. The molecule has 26 heavy (non-hydrogen) atoms. The first-order chi connectivity index (χ1) is 12.5. The van der Waals surface area contributed by atoms with Crippen molar-refractivity contribution in [3.8, 4) is 11.1 Å². The molecule has 0 aromatic carbocycles. The van der Waals surface area contributed by atoms with Crippen molar-refractivity contribution in [3.63, 3.8) is 0 Å². The van der Waals surface area contributed by atoms with Crippen LogP contribution in [0.4, 0.5) is 10.2 Å². The number of rotatable bonds is 6. The van der Waals surface area contributed by atoms with Crippen LogP contribution < -0.4 is 11.1 Å². The van der Waals surface area contributed by atoms with E-state index in [9.17, 15) is 9.18 Å². The molecule has 136 valence electrons. The molecule has 0 radical (unpaired) electrons. The number of carbonyl (C=O) groups is 1. The fraction of sp³-hybridized carbons (Fsp3) is 0.450. The molecule has 3 N–H and O–H groups in total. The summed E-state index contributed by atoms with van der Waals surface area (Å²) in [7, 11) is 0. The lowest BCUT2D eigenvalue weighted by Crippen LogP contribution is -2.44. The summed E-state index contributed by atoms with van der Waals surface area (Å²) in [5, 5.41) is 2.69. The minimum absolute atomic E-state index is 0.193. The minimum Gasteiger partial charge on any atom is -0.320 e. The number of hydrogen-bond donors (Lipinski definition) is 2. The van der Waals surface area contributed by atoms with Gasteiger partial charge in [-0.1, -0.05) is 0 Å². The van der Waals surface area contributed by atoms with Crippen LogP contribution in [0.2, 0.25) is 0 Å². The Kier molecular flexibility index (Phi) is 4.44. The monoisotopic (exact) mass is 354 g/mol. The van der Waals surface area contributed by atoms with E-state index in [1.807, 2.05) is 13.0 Å². The van der Waals surface area contributed by atoms with Gasteiger partial charge in [-0.15, -0.1) is 0 Å². The van der Waals surface area contributed by atoms with E-state index in [-0.39, 0.29) is 17.6 Å². The zero-order chi connectivity index (χ0) is 18.3. The van der Waals surface area contributed by atoms with Gasteiger partial charge in [-0.05, 0) is 74.1 Å². The Balaban J connectivity index is 1.49. The van der Waals surface area contributed by atoms with Gasteiger partial charge in [-0.25, -0.2) is 4.98 Å². The summed E-state index contributed by atoms with van der Waals surface area (Å²) in [6, 6.07) is 4.49. The van der Waals surface area contributed by atoms with Crippen molar-refractivity contribution in [2.24, 2.45) is 23.5 Å². The van der Waals surface area contributed by atoms with Crippen molar-refractivity contribution in [1.29, 1.82) is 0 Å². The van der Waals surface area contributed by atoms with E-state index in [2.05, 4.69) is 15.3 Å². The molecule has 0 spiro atoms. The van der Waals surface area contributed by atoms with Crippen LogP contribution in [-0.4, -0.2) is 21.9 Å². The molecule has 2 aliphatic rings. The molecular formula is C20H23FN4O. The summed E-state index contributed by atoms with van der Waals surface area (Å²) >= 11 is 0. The van der Waals surface area contributed by atoms with Crippen LogP contribution in [0.1, 0.15) is 31.2 Å². The summed E-state index contributed by atoms with van der Waals surface area (Å²) in [6.07, 6.45) is 7.92. The molecule has 2 aromatic rings. The maximum atomic E-state index is 14.5. The molecule has 0 unspecified atom stereocenters. The molecule has 2 heterocycles. The molecule has 1 atom stereocenters. The third-order valence-corrected chi connectivity index (χ3v) is 5.48. The SMILES string of the molecule is Cc1ccncc1-c1ccc(NC(=O)[C@@H](N)C(C2CC2)C2CC2)nc1F. The van der Waals surface area contributed by atoms with Gasteiger partial charge < -0.3 is 11.1 Å². The van der Waals surface area contributed by atoms with Gasteiger partial charge in [0.15, 0.2) is 0 Å². The van der Waals surface area contributed by atoms with Gasteiger partial charge in [-0.3, -0.25) is 9.78 Å². The first kappa shape index (κ1) is 17.1. The number of amides is 1. The fourth-order valence-electron chi connectivity index (χ4n) is 3.77. The Morgan fingerprint density at radius 2 is 1.88 bits per heavy atom. The van der Waals surface area contributed by atoms with Crippen molar-refractivity contribution >= 4 is 11.7 Å². The zero-order valence-electron chi connectivity index (χ0n) is 14.8. The predicted molar refractivity (Wildman–Crippen MR) is 97.7 cm³/mol. The molecule has 2 aromatic heterocycles. The average Bonchev–Trinajstić information content (AvgIpc) is 3.51. The lowest BCUT2D eigenvalue weighted by Gasteiger charge is -2.22. The van der Waals surface area contributed by atoms with Crippen molar-refractivity contribution in [3.05, 3.63) is 42.1 Å². The Morgan fingerprint density at radius 1 is 1.19 bits per heavy atom. The highest BCUT2D eigenvalue weighted by Crippen LogP contribution is 2.50. The Labute approximate surface area is 152 Å². The summed E-state index contributed by atoms with van der Waals surface area (Å²) in [4.78, 5) is 20.5. The molecule has 2 aliphatic carbocycles. The number of carbonyl (C=O) groups excluding carboxylic acids is 1. The summed E-state index contributed by atoms with van der Waals surface area (Å²) in [5.41, 5.74) is 8.20. The van der Waals surface area contributed by atoms with E-state index in [0.29, 0.717) is 23.0 Å². The van der Waals surface area contributed by atoms with Crippen LogP contribution in [0.3, 0.4) is 0 Å². The second kappa shape index (κ2) is 6.76. The maximum absolute atomic E-state index is 14.5. The average molecular weight is 354 g/mol. The van der Waals surface area contributed by atoms with Gasteiger partial charge in [0, 0.05) is 23.5 Å². The molecule has 2 saturated carbocycles. The maximum Gasteiger partial charge on any atom is 0.242 e. The minimum atomic E-state index is -0.631. The molecule has 0 bridgehead atoms. The number of nitrogens with zero attached hydrogens (tertiary/aromatic N) is 2. The van der Waals surface area contributed by atoms with E-state index in [4.69, 9.17) is 5.73 Å². The summed E-state index contributed by atoms with van der Waals surface area (Å²) in [5.74, 6) is 0.683. The van der Waals surface area contributed by atoms with Crippen molar-refractivity contribution in [2.45, 2.75) is 38.6 Å². The van der Waals surface area contributed by atoms with Crippen molar-refractivity contribution in [1.82, 2.24) is 9.97 Å². The fourth-order valence-corrected chi connectivity index (χ4v) is 3.77. The highest BCUT2D eigenvalue weighted by Gasteiger charge is 2.46. The molecule has 0 saturated heterocycles. The molecule has 4 rings (SSSR count). The van der Waals surface area contributed by atoms with E-state index in [0.717, 1.165) is 31.2 Å². The van der Waals surface area contributed by atoms with Gasteiger partial charge >= 0.3 is 0 Å². The predicted octanol–water partition coefficient (Wildman–Crippen LogP) is 3.29. The van der Waals surface area contributed by atoms with Gasteiger partial charge in [0.1, 0.15) is 5.82 Å². The number of nitrogens with one attached hydrogen (secondary N) is 1. The molecule has 5 nitrogen and oxygen atoms in total. The first-order valence-corrected chi connectivity index (χ1v) is 9.18. The van der Waals surface area contributed by atoms with Crippen LogP contribution >= 0.6 is 0 Å². The van der Waals surface area contributed by atoms with Gasteiger partial charge in [0.2, 0.25) is 11.9 Å². The van der Waals surface area contributed by atoms with E-state index in [1.165, 1.54) is 0 Å². The normalized spacial score (nSPS) is 18.0.